The van der Waals surface area contributed by atoms with E-state index in [1.165, 1.54) is 231 Å². The Morgan fingerprint density at radius 2 is 0.667 bits per heavy atom. The Morgan fingerprint density at radius 1 is 0.404 bits per heavy atom. The number of aliphatic hydroxyl groups excluding tert-OH is 3. The minimum atomic E-state index is -1.07. The van der Waals surface area contributed by atoms with Gasteiger partial charge in [-0.1, -0.05) is 264 Å². The lowest BCUT2D eigenvalue weighted by Gasteiger charge is -2.23. The zero-order chi connectivity index (χ0) is 41.5. The Labute approximate surface area is 357 Å². The molecule has 3 atom stereocenters. The molecule has 0 aromatic heterocycles. The van der Waals surface area contributed by atoms with Crippen LogP contribution in [0.2, 0.25) is 0 Å². The number of hydrogen-bond donors (Lipinski definition) is 4. The highest BCUT2D eigenvalue weighted by atomic mass is 16.3. The largest absolute Gasteiger partial charge is 0.394 e. The minimum absolute atomic E-state index is 0.310. The molecule has 0 aliphatic heterocycles. The van der Waals surface area contributed by atoms with Crippen molar-refractivity contribution in [3.63, 3.8) is 0 Å². The van der Waals surface area contributed by atoms with E-state index < -0.39 is 24.2 Å². The fourth-order valence-electron chi connectivity index (χ4n) is 8.31. The number of aliphatic hydroxyl groups is 3. The second-order valence-corrected chi connectivity index (χ2v) is 18.1. The third-order valence-corrected chi connectivity index (χ3v) is 12.4. The molecule has 0 saturated heterocycles. The summed E-state index contributed by atoms with van der Waals surface area (Å²) >= 11 is 0. The van der Waals surface area contributed by atoms with E-state index in [0.29, 0.717) is 12.8 Å². The van der Waals surface area contributed by atoms with E-state index in [-0.39, 0.29) is 6.61 Å². The Kier molecular flexibility index (Phi) is 47.0. The van der Waals surface area contributed by atoms with Crippen LogP contribution in [0.4, 0.5) is 0 Å². The summed E-state index contributed by atoms with van der Waals surface area (Å²) in [6, 6.07) is -0.709. The van der Waals surface area contributed by atoms with Gasteiger partial charge in [0, 0.05) is 0 Å². The molecule has 0 aliphatic rings. The fourth-order valence-corrected chi connectivity index (χ4v) is 8.31. The Balaban J connectivity index is 3.51. The van der Waals surface area contributed by atoms with Crippen LogP contribution >= 0.6 is 0 Å². The highest BCUT2D eigenvalue weighted by Crippen LogP contribution is 2.17. The standard InChI is InChI=1S/C52H103NO4/c1-3-5-7-9-11-13-15-17-19-20-21-22-23-24-25-26-27-28-29-30-31-33-35-37-39-41-43-45-47-51(56)52(57)53-49(48-54)50(55)46-44-42-40-38-36-34-32-18-16-14-12-10-8-6-4-2/h24-25,49-51,54-56H,3-23,26-48H2,1-2H3,(H,53,57)/b25-24-. The average Bonchev–Trinajstić information content (AvgIpc) is 3.22. The highest BCUT2D eigenvalue weighted by Gasteiger charge is 2.23. The number of rotatable bonds is 48. The number of nitrogens with one attached hydrogen (secondary N) is 1. The molecule has 5 nitrogen and oxygen atoms in total. The number of carbonyl (C=O) groups excluding carboxylic acids is 1. The molecular weight excluding hydrogens is 703 g/mol. The van der Waals surface area contributed by atoms with Crippen molar-refractivity contribution < 1.29 is 20.1 Å². The first kappa shape index (κ1) is 56.1. The summed E-state index contributed by atoms with van der Waals surface area (Å²) in [6.07, 6.45) is 58.1. The molecule has 0 fully saturated rings. The van der Waals surface area contributed by atoms with Crippen LogP contribution in [-0.2, 0) is 4.79 Å². The van der Waals surface area contributed by atoms with Crippen LogP contribution in [0, 0.1) is 0 Å². The van der Waals surface area contributed by atoms with Gasteiger partial charge in [0.1, 0.15) is 6.10 Å². The van der Waals surface area contributed by atoms with Gasteiger partial charge in [-0.3, -0.25) is 4.79 Å². The van der Waals surface area contributed by atoms with Crippen molar-refractivity contribution in [2.75, 3.05) is 6.61 Å². The maximum Gasteiger partial charge on any atom is 0.249 e. The van der Waals surface area contributed by atoms with Crippen molar-refractivity contribution in [2.24, 2.45) is 0 Å². The van der Waals surface area contributed by atoms with Gasteiger partial charge >= 0.3 is 0 Å². The van der Waals surface area contributed by atoms with Gasteiger partial charge in [0.05, 0.1) is 18.8 Å². The summed E-state index contributed by atoms with van der Waals surface area (Å²) < 4.78 is 0. The summed E-state index contributed by atoms with van der Waals surface area (Å²) in [6.45, 7) is 4.26. The third-order valence-electron chi connectivity index (χ3n) is 12.4. The number of hydrogen-bond acceptors (Lipinski definition) is 4. The van der Waals surface area contributed by atoms with Crippen molar-refractivity contribution in [3.05, 3.63) is 12.2 Å². The number of carbonyl (C=O) groups is 1. The summed E-state index contributed by atoms with van der Waals surface area (Å²) in [5.41, 5.74) is 0. The first-order valence-corrected chi connectivity index (χ1v) is 26.0. The topological polar surface area (TPSA) is 89.8 Å². The Hall–Kier alpha value is -0.910. The second kappa shape index (κ2) is 47.8. The average molecular weight is 806 g/mol. The molecule has 5 heteroatoms. The van der Waals surface area contributed by atoms with Crippen molar-refractivity contribution in [1.82, 2.24) is 5.32 Å². The van der Waals surface area contributed by atoms with E-state index in [0.717, 1.165) is 32.1 Å². The zero-order valence-corrected chi connectivity index (χ0v) is 38.7. The van der Waals surface area contributed by atoms with E-state index in [1.807, 2.05) is 0 Å². The summed E-state index contributed by atoms with van der Waals surface area (Å²) in [5, 5.41) is 33.4. The molecule has 0 bridgehead atoms. The van der Waals surface area contributed by atoms with Crippen molar-refractivity contribution in [1.29, 1.82) is 0 Å². The second-order valence-electron chi connectivity index (χ2n) is 18.1. The molecule has 0 radical (unpaired) electrons. The molecule has 0 heterocycles. The van der Waals surface area contributed by atoms with E-state index >= 15 is 0 Å². The molecule has 0 aromatic rings. The lowest BCUT2D eigenvalue weighted by Crippen LogP contribution is -2.49. The van der Waals surface area contributed by atoms with Crippen molar-refractivity contribution >= 4 is 5.91 Å². The van der Waals surface area contributed by atoms with E-state index in [4.69, 9.17) is 0 Å². The molecule has 0 aliphatic carbocycles. The van der Waals surface area contributed by atoms with E-state index in [2.05, 4.69) is 31.3 Å². The van der Waals surface area contributed by atoms with E-state index in [1.54, 1.807) is 0 Å². The van der Waals surface area contributed by atoms with Gasteiger partial charge in [0.15, 0.2) is 0 Å². The Bertz CT molecular complexity index is 803. The zero-order valence-electron chi connectivity index (χ0n) is 38.7. The van der Waals surface area contributed by atoms with Crippen LogP contribution in [0.3, 0.4) is 0 Å². The number of amides is 1. The monoisotopic (exact) mass is 806 g/mol. The smallest absolute Gasteiger partial charge is 0.249 e. The van der Waals surface area contributed by atoms with Gasteiger partial charge < -0.3 is 20.6 Å². The highest BCUT2D eigenvalue weighted by molar-refractivity contribution is 5.80. The molecule has 0 rings (SSSR count). The molecule has 0 saturated carbocycles. The maximum absolute atomic E-state index is 12.5. The van der Waals surface area contributed by atoms with Gasteiger partial charge in [0.25, 0.3) is 0 Å². The lowest BCUT2D eigenvalue weighted by molar-refractivity contribution is -0.131. The van der Waals surface area contributed by atoms with Crippen LogP contribution in [0.5, 0.6) is 0 Å². The molecule has 57 heavy (non-hydrogen) atoms. The molecule has 0 aromatic carbocycles. The van der Waals surface area contributed by atoms with Gasteiger partial charge in [0.2, 0.25) is 5.91 Å². The summed E-state index contributed by atoms with van der Waals surface area (Å²) in [4.78, 5) is 12.5. The van der Waals surface area contributed by atoms with Gasteiger partial charge in [-0.05, 0) is 38.5 Å². The normalized spacial score (nSPS) is 13.4. The predicted molar refractivity (Wildman–Crippen MR) is 250 cm³/mol. The van der Waals surface area contributed by atoms with Gasteiger partial charge in [-0.2, -0.15) is 0 Å². The van der Waals surface area contributed by atoms with Crippen molar-refractivity contribution in [2.45, 2.75) is 308 Å². The first-order valence-electron chi connectivity index (χ1n) is 26.0. The van der Waals surface area contributed by atoms with Gasteiger partial charge in [-0.15, -0.1) is 0 Å². The molecule has 1 amide bonds. The van der Waals surface area contributed by atoms with Crippen LogP contribution in [0.15, 0.2) is 12.2 Å². The summed E-state index contributed by atoms with van der Waals surface area (Å²) in [7, 11) is 0. The molecule has 340 valence electrons. The Morgan fingerprint density at radius 3 is 0.965 bits per heavy atom. The van der Waals surface area contributed by atoms with Crippen LogP contribution < -0.4 is 5.32 Å². The quantitative estimate of drug-likeness (QED) is 0.0364. The lowest BCUT2D eigenvalue weighted by atomic mass is 10.0. The number of unbranched alkanes of at least 4 members (excludes halogenated alkanes) is 38. The fraction of sp³-hybridized carbons (Fsp3) is 0.942. The predicted octanol–water partition coefficient (Wildman–Crippen LogP) is 15.6. The van der Waals surface area contributed by atoms with Crippen LogP contribution in [-0.4, -0.2) is 46.1 Å². The minimum Gasteiger partial charge on any atom is -0.394 e. The van der Waals surface area contributed by atoms with Crippen LogP contribution in [0.1, 0.15) is 290 Å². The number of allylic oxidation sites excluding steroid dienone is 2. The SMILES string of the molecule is CCCCCCCCCCCCCC/C=C\CCCCCCCCCCCCCCC(O)C(=O)NC(CO)C(O)CCCCCCCCCCCCCCCCC. The van der Waals surface area contributed by atoms with Crippen LogP contribution in [0.25, 0.3) is 0 Å². The van der Waals surface area contributed by atoms with Crippen molar-refractivity contribution in [3.8, 4) is 0 Å². The van der Waals surface area contributed by atoms with Gasteiger partial charge in [-0.25, -0.2) is 0 Å². The molecule has 4 N–H and O–H groups in total. The molecule has 3 unspecified atom stereocenters. The van der Waals surface area contributed by atoms with E-state index in [9.17, 15) is 20.1 Å². The molecule has 0 spiro atoms. The third kappa shape index (κ3) is 43.0. The maximum atomic E-state index is 12.5. The first-order chi connectivity index (χ1) is 28.1. The summed E-state index contributed by atoms with van der Waals surface area (Å²) in [5.74, 6) is -0.467. The molecular formula is C52H103NO4.